The number of unbranched alkanes of at least 4 members (excludes halogenated alkanes) is 2. The topological polar surface area (TPSA) is 12.0 Å². The van der Waals surface area contributed by atoms with Gasteiger partial charge in [-0.2, -0.15) is 0 Å². The summed E-state index contributed by atoms with van der Waals surface area (Å²) < 4.78 is 13.0. The number of benzene rings is 1. The van der Waals surface area contributed by atoms with Crippen LogP contribution in [0, 0.1) is 12.7 Å². The Kier molecular flexibility index (Phi) is 5.33. The molecule has 0 amide bonds. The fourth-order valence-corrected chi connectivity index (χ4v) is 1.67. The van der Waals surface area contributed by atoms with Crippen LogP contribution in [-0.4, -0.2) is 13.6 Å². The first kappa shape index (κ1) is 12.2. The van der Waals surface area contributed by atoms with E-state index in [0.717, 1.165) is 18.5 Å². The third kappa shape index (κ3) is 4.43. The van der Waals surface area contributed by atoms with Gasteiger partial charge in [0.25, 0.3) is 0 Å². The van der Waals surface area contributed by atoms with Crippen LogP contribution in [-0.2, 0) is 6.42 Å². The number of hydrogen-bond acceptors (Lipinski definition) is 1. The summed E-state index contributed by atoms with van der Waals surface area (Å²) >= 11 is 0. The van der Waals surface area contributed by atoms with E-state index in [1.165, 1.54) is 24.8 Å². The second-order valence-corrected chi connectivity index (χ2v) is 4.00. The largest absolute Gasteiger partial charge is 0.320 e. The zero-order valence-electron chi connectivity index (χ0n) is 9.65. The van der Waals surface area contributed by atoms with Crippen molar-refractivity contribution in [2.45, 2.75) is 32.6 Å². The molecule has 1 aromatic carbocycles. The van der Waals surface area contributed by atoms with Crippen molar-refractivity contribution >= 4 is 0 Å². The molecule has 1 rings (SSSR count). The van der Waals surface area contributed by atoms with Gasteiger partial charge in [-0.1, -0.05) is 18.6 Å². The molecule has 0 fully saturated rings. The molecular formula is C13H20FN. The first-order chi connectivity index (χ1) is 7.24. The van der Waals surface area contributed by atoms with Crippen LogP contribution in [0.15, 0.2) is 18.2 Å². The molecule has 0 aliphatic rings. The van der Waals surface area contributed by atoms with Crippen LogP contribution in [0.5, 0.6) is 0 Å². The molecule has 0 aliphatic heterocycles. The zero-order chi connectivity index (χ0) is 11.1. The van der Waals surface area contributed by atoms with E-state index in [4.69, 9.17) is 0 Å². The van der Waals surface area contributed by atoms with E-state index >= 15 is 0 Å². The molecule has 2 heteroatoms. The highest BCUT2D eigenvalue weighted by molar-refractivity contribution is 5.23. The van der Waals surface area contributed by atoms with Gasteiger partial charge in [0.2, 0.25) is 0 Å². The van der Waals surface area contributed by atoms with Crippen LogP contribution < -0.4 is 5.32 Å². The summed E-state index contributed by atoms with van der Waals surface area (Å²) in [6, 6.07) is 5.41. The Bertz CT molecular complexity index is 297. The molecule has 0 aromatic heterocycles. The minimum absolute atomic E-state index is 0.103. The van der Waals surface area contributed by atoms with Gasteiger partial charge in [0.15, 0.2) is 0 Å². The maximum absolute atomic E-state index is 13.0. The number of halogens is 1. The summed E-state index contributed by atoms with van der Waals surface area (Å²) in [7, 11) is 1.98. The molecule has 0 saturated heterocycles. The van der Waals surface area contributed by atoms with E-state index < -0.39 is 0 Å². The zero-order valence-corrected chi connectivity index (χ0v) is 9.65. The molecule has 0 bridgehead atoms. The van der Waals surface area contributed by atoms with Gasteiger partial charge in [-0.05, 0) is 57.0 Å². The third-order valence-electron chi connectivity index (χ3n) is 2.61. The molecular weight excluding hydrogens is 189 g/mol. The second-order valence-electron chi connectivity index (χ2n) is 4.00. The number of rotatable bonds is 6. The van der Waals surface area contributed by atoms with Crippen LogP contribution in [0.4, 0.5) is 4.39 Å². The van der Waals surface area contributed by atoms with Crippen molar-refractivity contribution in [3.63, 3.8) is 0 Å². The lowest BCUT2D eigenvalue weighted by Crippen LogP contribution is -2.07. The van der Waals surface area contributed by atoms with Gasteiger partial charge in [-0.3, -0.25) is 0 Å². The van der Waals surface area contributed by atoms with Gasteiger partial charge in [0.1, 0.15) is 5.82 Å². The highest BCUT2D eigenvalue weighted by Crippen LogP contribution is 2.12. The van der Waals surface area contributed by atoms with Crippen LogP contribution in [0.3, 0.4) is 0 Å². The van der Waals surface area contributed by atoms with E-state index in [1.807, 2.05) is 26.1 Å². The fourth-order valence-electron chi connectivity index (χ4n) is 1.67. The van der Waals surface area contributed by atoms with Crippen LogP contribution in [0.1, 0.15) is 30.4 Å². The van der Waals surface area contributed by atoms with Gasteiger partial charge in [-0.15, -0.1) is 0 Å². The van der Waals surface area contributed by atoms with E-state index in [1.54, 1.807) is 6.07 Å². The van der Waals surface area contributed by atoms with E-state index in [0.29, 0.717) is 0 Å². The van der Waals surface area contributed by atoms with Crippen molar-refractivity contribution in [3.05, 3.63) is 35.1 Å². The summed E-state index contributed by atoms with van der Waals surface area (Å²) in [6.45, 7) is 2.91. The van der Waals surface area contributed by atoms with E-state index in [2.05, 4.69) is 5.32 Å². The summed E-state index contributed by atoms with van der Waals surface area (Å²) in [5, 5.41) is 3.13. The number of nitrogens with one attached hydrogen (secondary N) is 1. The second kappa shape index (κ2) is 6.57. The van der Waals surface area contributed by atoms with Crippen molar-refractivity contribution < 1.29 is 4.39 Å². The van der Waals surface area contributed by atoms with Gasteiger partial charge >= 0.3 is 0 Å². The molecule has 1 aromatic rings. The first-order valence-electron chi connectivity index (χ1n) is 5.63. The lowest BCUT2D eigenvalue weighted by atomic mass is 10.0. The van der Waals surface area contributed by atoms with Gasteiger partial charge in [-0.25, -0.2) is 4.39 Å². The SMILES string of the molecule is CNCCCCCc1ccc(F)c(C)c1. The van der Waals surface area contributed by atoms with Crippen LogP contribution >= 0.6 is 0 Å². The molecule has 0 saturated carbocycles. The normalized spacial score (nSPS) is 10.6. The Labute approximate surface area is 91.7 Å². The molecule has 0 spiro atoms. The quantitative estimate of drug-likeness (QED) is 0.710. The molecule has 0 radical (unpaired) electrons. The lowest BCUT2D eigenvalue weighted by Gasteiger charge is -2.03. The average molecular weight is 209 g/mol. The van der Waals surface area contributed by atoms with Crippen LogP contribution in [0.25, 0.3) is 0 Å². The predicted octanol–water partition coefficient (Wildman–Crippen LogP) is 3.07. The molecule has 1 nitrogen and oxygen atoms in total. The molecule has 84 valence electrons. The Balaban J connectivity index is 2.28. The molecule has 0 atom stereocenters. The highest BCUT2D eigenvalue weighted by Gasteiger charge is 1.98. The van der Waals surface area contributed by atoms with Gasteiger partial charge < -0.3 is 5.32 Å². The Morgan fingerprint density at radius 2 is 2.00 bits per heavy atom. The molecule has 1 N–H and O–H groups in total. The summed E-state index contributed by atoms with van der Waals surface area (Å²) in [4.78, 5) is 0. The van der Waals surface area contributed by atoms with E-state index in [9.17, 15) is 4.39 Å². The standard InChI is InChI=1S/C13H20FN/c1-11-10-12(7-8-13(11)14)6-4-3-5-9-15-2/h7-8,10,15H,3-6,9H2,1-2H3. The average Bonchev–Trinajstić information content (AvgIpc) is 2.23. The third-order valence-corrected chi connectivity index (χ3v) is 2.61. The predicted molar refractivity (Wildman–Crippen MR) is 62.6 cm³/mol. The fraction of sp³-hybridized carbons (Fsp3) is 0.538. The maximum atomic E-state index is 13.0. The first-order valence-corrected chi connectivity index (χ1v) is 5.63. The van der Waals surface area contributed by atoms with Crippen LogP contribution in [0.2, 0.25) is 0 Å². The maximum Gasteiger partial charge on any atom is 0.126 e. The number of aryl methyl sites for hydroxylation is 2. The minimum atomic E-state index is -0.103. The Morgan fingerprint density at radius 3 is 2.67 bits per heavy atom. The summed E-state index contributed by atoms with van der Waals surface area (Å²) in [6.07, 6.45) is 4.70. The van der Waals surface area contributed by atoms with Crippen molar-refractivity contribution in [1.82, 2.24) is 5.32 Å². The van der Waals surface area contributed by atoms with Gasteiger partial charge in [0.05, 0.1) is 0 Å². The highest BCUT2D eigenvalue weighted by atomic mass is 19.1. The Morgan fingerprint density at radius 1 is 1.20 bits per heavy atom. The van der Waals surface area contributed by atoms with Crippen molar-refractivity contribution in [2.75, 3.05) is 13.6 Å². The number of hydrogen-bond donors (Lipinski definition) is 1. The Hall–Kier alpha value is -0.890. The monoisotopic (exact) mass is 209 g/mol. The van der Waals surface area contributed by atoms with Crippen molar-refractivity contribution in [3.8, 4) is 0 Å². The summed E-state index contributed by atoms with van der Waals surface area (Å²) in [5.41, 5.74) is 2.00. The minimum Gasteiger partial charge on any atom is -0.320 e. The smallest absolute Gasteiger partial charge is 0.126 e. The van der Waals surface area contributed by atoms with E-state index in [-0.39, 0.29) is 5.82 Å². The molecule has 0 unspecified atom stereocenters. The van der Waals surface area contributed by atoms with Crippen molar-refractivity contribution in [2.24, 2.45) is 0 Å². The lowest BCUT2D eigenvalue weighted by molar-refractivity contribution is 0.615. The van der Waals surface area contributed by atoms with Gasteiger partial charge in [0, 0.05) is 0 Å². The summed E-state index contributed by atoms with van der Waals surface area (Å²) in [5.74, 6) is -0.103. The molecule has 15 heavy (non-hydrogen) atoms. The molecule has 0 aliphatic carbocycles. The molecule has 0 heterocycles. The van der Waals surface area contributed by atoms with Crippen molar-refractivity contribution in [1.29, 1.82) is 0 Å².